The SMILES string of the molecule is O=C(c1ccccc1)C(C(=O)c1ccccc1)c1ccc(Sc2ccccc2)cc1. The normalized spacial score (nSPS) is 10.7. The molecule has 0 aliphatic rings. The first kappa shape index (κ1) is 19.9. The molecule has 0 heterocycles. The van der Waals surface area contributed by atoms with Gasteiger partial charge < -0.3 is 0 Å². The standard InChI is InChI=1S/C27H20O2S/c28-26(21-10-4-1-5-11-21)25(27(29)22-12-6-2-7-13-22)20-16-18-24(19-17-20)30-23-14-8-3-9-15-23/h1-19,25H. The maximum absolute atomic E-state index is 13.3. The van der Waals surface area contributed by atoms with Crippen LogP contribution in [0.5, 0.6) is 0 Å². The van der Waals surface area contributed by atoms with Crippen LogP contribution in [0.15, 0.2) is 125 Å². The van der Waals surface area contributed by atoms with Crippen molar-refractivity contribution in [1.82, 2.24) is 0 Å². The molecule has 3 heteroatoms. The Labute approximate surface area is 180 Å². The highest BCUT2D eigenvalue weighted by Gasteiger charge is 2.30. The van der Waals surface area contributed by atoms with Crippen LogP contribution in [0.3, 0.4) is 0 Å². The van der Waals surface area contributed by atoms with Crippen molar-refractivity contribution in [3.05, 3.63) is 132 Å². The largest absolute Gasteiger partial charge is 0.293 e. The summed E-state index contributed by atoms with van der Waals surface area (Å²) in [7, 11) is 0. The van der Waals surface area contributed by atoms with Crippen LogP contribution in [-0.4, -0.2) is 11.6 Å². The monoisotopic (exact) mass is 408 g/mol. The maximum atomic E-state index is 13.3. The second kappa shape index (κ2) is 9.38. The van der Waals surface area contributed by atoms with E-state index in [1.54, 1.807) is 36.0 Å². The number of rotatable bonds is 7. The zero-order valence-electron chi connectivity index (χ0n) is 16.3. The summed E-state index contributed by atoms with van der Waals surface area (Å²) in [5.41, 5.74) is 1.78. The molecule has 0 spiro atoms. The summed E-state index contributed by atoms with van der Waals surface area (Å²) in [6.45, 7) is 0. The van der Waals surface area contributed by atoms with E-state index in [4.69, 9.17) is 0 Å². The van der Waals surface area contributed by atoms with E-state index in [9.17, 15) is 9.59 Å². The van der Waals surface area contributed by atoms with Gasteiger partial charge in [0.05, 0.1) is 0 Å². The van der Waals surface area contributed by atoms with Crippen molar-refractivity contribution >= 4 is 23.3 Å². The van der Waals surface area contributed by atoms with Gasteiger partial charge in [-0.05, 0) is 29.8 Å². The topological polar surface area (TPSA) is 34.1 Å². The Bertz CT molecular complexity index is 1070. The molecule has 0 atom stereocenters. The number of carbonyl (C=O) groups is 2. The highest BCUT2D eigenvalue weighted by Crippen LogP contribution is 2.31. The Hall–Kier alpha value is -3.43. The molecule has 0 aliphatic heterocycles. The van der Waals surface area contributed by atoms with Crippen LogP contribution in [0.1, 0.15) is 32.2 Å². The van der Waals surface area contributed by atoms with Crippen molar-refractivity contribution < 1.29 is 9.59 Å². The molecule has 0 saturated heterocycles. The van der Waals surface area contributed by atoms with Crippen molar-refractivity contribution in [1.29, 1.82) is 0 Å². The number of carbonyl (C=O) groups excluding carboxylic acids is 2. The lowest BCUT2D eigenvalue weighted by molar-refractivity contribution is 0.0860. The fraction of sp³-hybridized carbons (Fsp3) is 0.0370. The molecule has 0 aromatic heterocycles. The molecule has 4 aromatic rings. The molecule has 30 heavy (non-hydrogen) atoms. The number of ketones is 2. The molecule has 0 radical (unpaired) electrons. The first-order chi connectivity index (χ1) is 14.7. The van der Waals surface area contributed by atoms with Gasteiger partial charge in [-0.3, -0.25) is 9.59 Å². The third kappa shape index (κ3) is 4.58. The predicted molar refractivity (Wildman–Crippen MR) is 121 cm³/mol. The molecule has 0 fully saturated rings. The second-order valence-corrected chi connectivity index (χ2v) is 8.02. The summed E-state index contributed by atoms with van der Waals surface area (Å²) in [4.78, 5) is 28.8. The molecule has 0 bridgehead atoms. The zero-order chi connectivity index (χ0) is 20.8. The van der Waals surface area contributed by atoms with Gasteiger partial charge in [-0.25, -0.2) is 0 Å². The van der Waals surface area contributed by atoms with Crippen molar-refractivity contribution in [3.8, 4) is 0 Å². The smallest absolute Gasteiger partial charge is 0.178 e. The molecular weight excluding hydrogens is 388 g/mol. The van der Waals surface area contributed by atoms with Gasteiger partial charge in [0.2, 0.25) is 0 Å². The van der Waals surface area contributed by atoms with E-state index >= 15 is 0 Å². The Morgan fingerprint density at radius 3 is 1.37 bits per heavy atom. The van der Waals surface area contributed by atoms with E-state index in [1.807, 2.05) is 78.9 Å². The van der Waals surface area contributed by atoms with Gasteiger partial charge in [0.1, 0.15) is 5.92 Å². The Morgan fingerprint density at radius 2 is 0.900 bits per heavy atom. The Morgan fingerprint density at radius 1 is 0.500 bits per heavy atom. The molecule has 0 unspecified atom stereocenters. The van der Waals surface area contributed by atoms with Crippen molar-refractivity contribution in [3.63, 3.8) is 0 Å². The number of hydrogen-bond acceptors (Lipinski definition) is 3. The van der Waals surface area contributed by atoms with Gasteiger partial charge >= 0.3 is 0 Å². The molecular formula is C27H20O2S. The van der Waals surface area contributed by atoms with Crippen molar-refractivity contribution in [2.45, 2.75) is 15.7 Å². The van der Waals surface area contributed by atoms with E-state index in [0.717, 1.165) is 9.79 Å². The van der Waals surface area contributed by atoms with Gasteiger partial charge in [0.25, 0.3) is 0 Å². The third-order valence-corrected chi connectivity index (χ3v) is 5.85. The van der Waals surface area contributed by atoms with Gasteiger partial charge in [-0.1, -0.05) is 103 Å². The zero-order valence-corrected chi connectivity index (χ0v) is 17.1. The second-order valence-electron chi connectivity index (χ2n) is 6.88. The van der Waals surface area contributed by atoms with Gasteiger partial charge in [0.15, 0.2) is 11.6 Å². The lowest BCUT2D eigenvalue weighted by atomic mass is 9.84. The molecule has 4 aromatic carbocycles. The number of hydrogen-bond donors (Lipinski definition) is 0. The minimum absolute atomic E-state index is 0.187. The summed E-state index contributed by atoms with van der Waals surface area (Å²) in [5.74, 6) is -1.24. The Kier molecular flexibility index (Phi) is 6.21. The van der Waals surface area contributed by atoms with Crippen LogP contribution in [0.2, 0.25) is 0 Å². The van der Waals surface area contributed by atoms with E-state index in [1.165, 1.54) is 0 Å². The lowest BCUT2D eigenvalue weighted by Gasteiger charge is -2.16. The highest BCUT2D eigenvalue weighted by molar-refractivity contribution is 7.99. The highest BCUT2D eigenvalue weighted by atomic mass is 32.2. The van der Waals surface area contributed by atoms with E-state index in [0.29, 0.717) is 16.7 Å². The minimum Gasteiger partial charge on any atom is -0.293 e. The lowest BCUT2D eigenvalue weighted by Crippen LogP contribution is -2.22. The van der Waals surface area contributed by atoms with Gasteiger partial charge in [0, 0.05) is 20.9 Å². The first-order valence-electron chi connectivity index (χ1n) is 9.74. The molecule has 0 N–H and O–H groups in total. The first-order valence-corrected chi connectivity index (χ1v) is 10.6. The van der Waals surface area contributed by atoms with Crippen LogP contribution in [-0.2, 0) is 0 Å². The predicted octanol–water partition coefficient (Wildman–Crippen LogP) is 6.69. The van der Waals surface area contributed by atoms with Crippen LogP contribution < -0.4 is 0 Å². The van der Waals surface area contributed by atoms with E-state index in [-0.39, 0.29) is 11.6 Å². The molecule has 0 aliphatic carbocycles. The maximum Gasteiger partial charge on any atom is 0.178 e. The molecule has 4 rings (SSSR count). The van der Waals surface area contributed by atoms with E-state index in [2.05, 4.69) is 12.1 Å². The summed E-state index contributed by atoms with van der Waals surface area (Å²) in [6, 6.07) is 35.8. The summed E-state index contributed by atoms with van der Waals surface area (Å²) >= 11 is 1.65. The van der Waals surface area contributed by atoms with Crippen LogP contribution in [0.25, 0.3) is 0 Å². The third-order valence-electron chi connectivity index (χ3n) is 4.83. The summed E-state index contributed by atoms with van der Waals surface area (Å²) < 4.78 is 0. The Balaban J connectivity index is 1.67. The van der Waals surface area contributed by atoms with Crippen LogP contribution in [0.4, 0.5) is 0 Å². The molecule has 2 nitrogen and oxygen atoms in total. The fourth-order valence-electron chi connectivity index (χ4n) is 3.31. The van der Waals surface area contributed by atoms with Gasteiger partial charge in [-0.2, -0.15) is 0 Å². The molecule has 0 saturated carbocycles. The van der Waals surface area contributed by atoms with E-state index < -0.39 is 5.92 Å². The average Bonchev–Trinajstić information content (AvgIpc) is 2.82. The summed E-state index contributed by atoms with van der Waals surface area (Å²) in [6.07, 6.45) is 0. The quantitative estimate of drug-likeness (QED) is 0.252. The summed E-state index contributed by atoms with van der Waals surface area (Å²) in [5, 5.41) is 0. The van der Waals surface area contributed by atoms with Crippen LogP contribution in [0, 0.1) is 0 Å². The molecule has 0 amide bonds. The number of benzene rings is 4. The minimum atomic E-state index is -0.870. The van der Waals surface area contributed by atoms with Crippen LogP contribution >= 0.6 is 11.8 Å². The molecule has 146 valence electrons. The fourth-order valence-corrected chi connectivity index (χ4v) is 4.15. The van der Waals surface area contributed by atoms with Gasteiger partial charge in [-0.15, -0.1) is 0 Å². The average molecular weight is 409 g/mol. The van der Waals surface area contributed by atoms with Crippen molar-refractivity contribution in [2.75, 3.05) is 0 Å². The number of Topliss-reactive ketones (excluding diaryl/α,β-unsaturated/α-hetero) is 2. The van der Waals surface area contributed by atoms with Crippen molar-refractivity contribution in [2.24, 2.45) is 0 Å².